The second kappa shape index (κ2) is 10.9. The summed E-state index contributed by atoms with van der Waals surface area (Å²) < 4.78 is 66.3. The number of sulfonamides is 1. The number of likely N-dealkylation sites (tertiary alicyclic amines) is 1. The molecule has 2 N–H and O–H groups in total. The van der Waals surface area contributed by atoms with Crippen LogP contribution in [0.4, 0.5) is 24.7 Å². The second-order valence-corrected chi connectivity index (χ2v) is 11.9. The third-order valence-electron chi connectivity index (χ3n) is 7.03. The fraction of sp³-hybridized carbons (Fsp3) is 0.440. The van der Waals surface area contributed by atoms with E-state index in [2.05, 4.69) is 21.5 Å². The first-order valence-corrected chi connectivity index (χ1v) is 13.8. The van der Waals surface area contributed by atoms with E-state index in [0.717, 1.165) is 4.31 Å². The largest absolute Gasteiger partial charge is 0.389 e. The van der Waals surface area contributed by atoms with Crippen molar-refractivity contribution in [1.82, 2.24) is 24.0 Å². The van der Waals surface area contributed by atoms with Crippen LogP contribution in [-0.2, 0) is 20.4 Å². The number of anilines is 2. The minimum Gasteiger partial charge on any atom is -0.343 e. The molecule has 0 bridgehead atoms. The number of nitrogens with zero attached hydrogens (tertiary/aromatic N) is 5. The lowest BCUT2D eigenvalue weighted by molar-refractivity contribution is -0.150. The van der Waals surface area contributed by atoms with Crippen LogP contribution in [0.25, 0.3) is 10.9 Å². The topological polar surface area (TPSA) is 144 Å². The van der Waals surface area contributed by atoms with Gasteiger partial charge in [-0.25, -0.2) is 12.7 Å². The van der Waals surface area contributed by atoms with Crippen LogP contribution < -0.4 is 10.9 Å². The van der Waals surface area contributed by atoms with E-state index in [0.29, 0.717) is 5.52 Å². The highest BCUT2D eigenvalue weighted by Gasteiger charge is 2.40. The van der Waals surface area contributed by atoms with E-state index in [4.69, 9.17) is 0 Å². The number of aromatic nitrogens is 3. The van der Waals surface area contributed by atoms with Crippen molar-refractivity contribution >= 4 is 38.3 Å². The molecule has 0 unspecified atom stereocenters. The molecule has 1 fully saturated rings. The monoisotopic (exact) mass is 579 g/mol. The molecular weight excluding hydrogens is 551 g/mol. The number of nitrogens with one attached hydrogen (secondary N) is 2. The molecule has 4 rings (SSSR count). The lowest BCUT2D eigenvalue weighted by Crippen LogP contribution is -2.48. The van der Waals surface area contributed by atoms with Gasteiger partial charge in [0.1, 0.15) is 10.3 Å². The maximum Gasteiger partial charge on any atom is 0.389 e. The second-order valence-electron chi connectivity index (χ2n) is 9.79. The molecule has 1 amide bonds. The van der Waals surface area contributed by atoms with E-state index in [9.17, 15) is 36.4 Å². The summed E-state index contributed by atoms with van der Waals surface area (Å²) in [5.74, 6) is -0.551. The van der Waals surface area contributed by atoms with E-state index in [1.54, 1.807) is 22.9 Å². The number of nitriles is 1. The molecule has 1 saturated heterocycles. The van der Waals surface area contributed by atoms with Crippen molar-refractivity contribution in [1.29, 1.82) is 5.26 Å². The number of halogens is 3. The number of hydrogen-bond acceptors (Lipinski definition) is 7. The highest BCUT2D eigenvalue weighted by atomic mass is 32.2. The molecule has 0 spiro atoms. The number of pyridine rings is 1. The summed E-state index contributed by atoms with van der Waals surface area (Å²) in [5.41, 5.74) is -0.890. The Bertz CT molecular complexity index is 1620. The zero-order valence-electron chi connectivity index (χ0n) is 21.8. The van der Waals surface area contributed by atoms with Crippen LogP contribution in [0.5, 0.6) is 0 Å². The van der Waals surface area contributed by atoms with Crippen molar-refractivity contribution in [3.05, 3.63) is 46.9 Å². The van der Waals surface area contributed by atoms with Crippen LogP contribution in [0, 0.1) is 11.3 Å². The average Bonchev–Trinajstić information content (AvgIpc) is 3.27. The molecule has 0 saturated carbocycles. The Morgan fingerprint density at radius 2 is 1.90 bits per heavy atom. The minimum absolute atomic E-state index is 0.0347. The summed E-state index contributed by atoms with van der Waals surface area (Å²) in [6.07, 6.45) is -4.49. The van der Waals surface area contributed by atoms with Gasteiger partial charge < -0.3 is 15.2 Å². The van der Waals surface area contributed by atoms with Crippen molar-refractivity contribution in [3.63, 3.8) is 0 Å². The summed E-state index contributed by atoms with van der Waals surface area (Å²) in [4.78, 5) is 29.3. The number of hydrogen-bond donors (Lipinski definition) is 2. The molecule has 1 aromatic carbocycles. The molecule has 1 aliphatic rings. The minimum atomic E-state index is -4.44. The summed E-state index contributed by atoms with van der Waals surface area (Å²) in [5, 5.41) is 17.5. The third-order valence-corrected chi connectivity index (χ3v) is 8.90. The van der Waals surface area contributed by atoms with E-state index in [1.165, 1.54) is 37.3 Å². The zero-order chi connectivity index (χ0) is 29.3. The number of para-hydroxylation sites is 1. The Labute approximate surface area is 228 Å². The standard InChI is InChI=1S/C25H28F3N7O4S/c1-33(2)40(38,39)19-6-4-3-5-17(19)31-22-21-18(8-14-30-23(21)37)35(32-22)24(10-13-29)11-15-34(16-12-24)20(36)7-9-25(26,27)28/h3-6,8,14H,7,9-12,15-16H2,1-2H3,(H,30,37)(H,31,32). The van der Waals surface area contributed by atoms with Crippen LogP contribution in [-0.4, -0.2) is 71.7 Å². The lowest BCUT2D eigenvalue weighted by atomic mass is 9.84. The van der Waals surface area contributed by atoms with Crippen LogP contribution in [0.15, 0.2) is 46.2 Å². The number of piperidine rings is 1. The molecule has 0 aliphatic carbocycles. The molecule has 3 heterocycles. The van der Waals surface area contributed by atoms with Gasteiger partial charge in [-0.1, -0.05) is 12.1 Å². The molecule has 3 aromatic rings. The average molecular weight is 580 g/mol. The van der Waals surface area contributed by atoms with Gasteiger partial charge in [-0.3, -0.25) is 14.3 Å². The maximum atomic E-state index is 12.9. The van der Waals surface area contributed by atoms with Crippen LogP contribution >= 0.6 is 0 Å². The summed E-state index contributed by atoms with van der Waals surface area (Å²) in [6.45, 7) is 0.213. The van der Waals surface area contributed by atoms with Crippen molar-refractivity contribution in [2.45, 2.75) is 48.7 Å². The van der Waals surface area contributed by atoms with Gasteiger partial charge in [-0.05, 0) is 31.0 Å². The number of benzene rings is 1. The number of fused-ring (bicyclic) bond motifs is 1. The normalized spacial score (nSPS) is 15.8. The first-order chi connectivity index (χ1) is 18.8. The molecule has 214 valence electrons. The van der Waals surface area contributed by atoms with Gasteiger partial charge >= 0.3 is 6.18 Å². The number of carbonyl (C=O) groups is 1. The Hall–Kier alpha value is -3.90. The Kier molecular flexibility index (Phi) is 7.95. The number of carbonyl (C=O) groups excluding carboxylic acids is 1. The molecule has 0 atom stereocenters. The number of amides is 1. The zero-order valence-corrected chi connectivity index (χ0v) is 22.6. The highest BCUT2D eigenvalue weighted by molar-refractivity contribution is 7.89. The number of aromatic amines is 1. The fourth-order valence-electron chi connectivity index (χ4n) is 4.84. The quantitative estimate of drug-likeness (QED) is 0.417. The number of rotatable bonds is 8. The van der Waals surface area contributed by atoms with Gasteiger partial charge in [0.25, 0.3) is 5.56 Å². The van der Waals surface area contributed by atoms with E-state index in [-0.39, 0.29) is 54.1 Å². The number of H-pyrrole nitrogens is 1. The molecule has 2 aromatic heterocycles. The molecule has 15 heteroatoms. The molecule has 1 aliphatic heterocycles. The van der Waals surface area contributed by atoms with Crippen molar-refractivity contribution in [3.8, 4) is 6.07 Å². The Morgan fingerprint density at radius 1 is 1.23 bits per heavy atom. The first kappa shape index (κ1) is 29.1. The SMILES string of the molecule is CN(C)S(=O)(=O)c1ccccc1Nc1nn(C2(CC#N)CCN(C(=O)CCC(F)(F)F)CC2)c2cc[nH]c(=O)c12. The van der Waals surface area contributed by atoms with Gasteiger partial charge in [0, 0.05) is 39.8 Å². The summed E-state index contributed by atoms with van der Waals surface area (Å²) >= 11 is 0. The smallest absolute Gasteiger partial charge is 0.343 e. The van der Waals surface area contributed by atoms with Gasteiger partial charge in [0.2, 0.25) is 15.9 Å². The third kappa shape index (κ3) is 5.68. The summed E-state index contributed by atoms with van der Waals surface area (Å²) in [7, 11) is -1.06. The van der Waals surface area contributed by atoms with E-state index < -0.39 is 46.0 Å². The van der Waals surface area contributed by atoms with Crippen molar-refractivity contribution in [2.24, 2.45) is 0 Å². The van der Waals surface area contributed by atoms with Crippen LogP contribution in [0.2, 0.25) is 0 Å². The Morgan fingerprint density at radius 3 is 2.52 bits per heavy atom. The van der Waals surface area contributed by atoms with Crippen molar-refractivity contribution < 1.29 is 26.4 Å². The van der Waals surface area contributed by atoms with Gasteiger partial charge in [0.15, 0.2) is 5.82 Å². The maximum absolute atomic E-state index is 12.9. The molecular formula is C25H28F3N7O4S. The van der Waals surface area contributed by atoms with Crippen LogP contribution in [0.1, 0.15) is 32.1 Å². The first-order valence-electron chi connectivity index (χ1n) is 12.4. The highest BCUT2D eigenvalue weighted by Crippen LogP contribution is 2.38. The fourth-order valence-corrected chi connectivity index (χ4v) is 5.88. The van der Waals surface area contributed by atoms with E-state index >= 15 is 0 Å². The van der Waals surface area contributed by atoms with Crippen LogP contribution in [0.3, 0.4) is 0 Å². The van der Waals surface area contributed by atoms with Gasteiger partial charge in [-0.2, -0.15) is 23.5 Å². The molecule has 0 radical (unpaired) electrons. The predicted octanol–water partition coefficient (Wildman–Crippen LogP) is 3.29. The van der Waals surface area contributed by atoms with Crippen molar-refractivity contribution in [2.75, 3.05) is 32.5 Å². The number of alkyl halides is 3. The Balaban J connectivity index is 1.73. The van der Waals surface area contributed by atoms with E-state index in [1.807, 2.05) is 0 Å². The summed E-state index contributed by atoms with van der Waals surface area (Å²) in [6, 6.07) is 9.90. The predicted molar refractivity (Wildman–Crippen MR) is 140 cm³/mol. The molecule has 40 heavy (non-hydrogen) atoms. The lowest BCUT2D eigenvalue weighted by Gasteiger charge is -2.41. The molecule has 11 nitrogen and oxygen atoms in total. The van der Waals surface area contributed by atoms with Gasteiger partial charge in [-0.15, -0.1) is 0 Å². The van der Waals surface area contributed by atoms with Gasteiger partial charge in [0.05, 0.1) is 35.7 Å².